The van der Waals surface area contributed by atoms with Crippen LogP contribution in [0.25, 0.3) is 0 Å². The molecule has 0 radical (unpaired) electrons. The second-order valence-electron chi connectivity index (χ2n) is 4.35. The Morgan fingerprint density at radius 2 is 1.80 bits per heavy atom. The van der Waals surface area contributed by atoms with E-state index in [9.17, 15) is 9.59 Å². The standard InChI is InChI=1S/C11H21NO7Si/c1-16-20(17-2,18-3)7-5-4-6-12(11(14)15)10(13)9-8-19-9/h9H,4-8H2,1-3H3,(H,14,15). The van der Waals surface area contributed by atoms with E-state index in [-0.39, 0.29) is 6.54 Å². The van der Waals surface area contributed by atoms with E-state index in [4.69, 9.17) is 23.1 Å². The highest BCUT2D eigenvalue weighted by Crippen LogP contribution is 2.18. The fraction of sp³-hybridized carbons (Fsp3) is 0.818. The van der Waals surface area contributed by atoms with E-state index >= 15 is 0 Å². The van der Waals surface area contributed by atoms with Gasteiger partial charge in [-0.1, -0.05) is 0 Å². The van der Waals surface area contributed by atoms with E-state index in [1.807, 2.05) is 0 Å². The second-order valence-corrected chi connectivity index (χ2v) is 7.44. The summed E-state index contributed by atoms with van der Waals surface area (Å²) in [4.78, 5) is 23.5. The van der Waals surface area contributed by atoms with Crippen molar-refractivity contribution in [2.75, 3.05) is 34.5 Å². The van der Waals surface area contributed by atoms with Crippen molar-refractivity contribution in [1.29, 1.82) is 0 Å². The lowest BCUT2D eigenvalue weighted by molar-refractivity contribution is -0.130. The largest absolute Gasteiger partial charge is 0.500 e. The fourth-order valence-corrected chi connectivity index (χ4v) is 3.63. The Kier molecular flexibility index (Phi) is 6.56. The summed E-state index contributed by atoms with van der Waals surface area (Å²) < 4.78 is 20.6. The summed E-state index contributed by atoms with van der Waals surface area (Å²) in [5.41, 5.74) is 0. The first-order valence-electron chi connectivity index (χ1n) is 6.31. The van der Waals surface area contributed by atoms with Crippen molar-refractivity contribution < 1.29 is 32.7 Å². The number of hydrogen-bond donors (Lipinski definition) is 1. The smallest absolute Gasteiger partial charge is 0.465 e. The molecule has 0 aromatic rings. The van der Waals surface area contributed by atoms with Gasteiger partial charge in [0.15, 0.2) is 6.10 Å². The molecule has 0 aliphatic carbocycles. The summed E-state index contributed by atoms with van der Waals surface area (Å²) in [7, 11) is 1.94. The van der Waals surface area contributed by atoms with Gasteiger partial charge in [0, 0.05) is 33.9 Å². The van der Waals surface area contributed by atoms with E-state index < -0.39 is 26.9 Å². The van der Waals surface area contributed by atoms with Gasteiger partial charge in [-0.3, -0.25) is 4.79 Å². The van der Waals surface area contributed by atoms with E-state index in [2.05, 4.69) is 0 Å². The van der Waals surface area contributed by atoms with Crippen LogP contribution in [0, 0.1) is 0 Å². The lowest BCUT2D eigenvalue weighted by Gasteiger charge is -2.24. The molecule has 0 aromatic carbocycles. The minimum Gasteiger partial charge on any atom is -0.465 e. The van der Waals surface area contributed by atoms with Crippen LogP contribution in [0.5, 0.6) is 0 Å². The lowest BCUT2D eigenvalue weighted by atomic mass is 10.3. The molecular formula is C11H21NO7Si. The van der Waals surface area contributed by atoms with Gasteiger partial charge < -0.3 is 23.1 Å². The third-order valence-corrected chi connectivity index (χ3v) is 5.99. The molecule has 20 heavy (non-hydrogen) atoms. The van der Waals surface area contributed by atoms with Gasteiger partial charge in [-0.25, -0.2) is 9.69 Å². The normalized spacial score (nSPS) is 17.9. The van der Waals surface area contributed by atoms with Crippen LogP contribution in [0.3, 0.4) is 0 Å². The molecule has 1 aliphatic heterocycles. The van der Waals surface area contributed by atoms with E-state index in [1.54, 1.807) is 0 Å². The number of amides is 2. The second kappa shape index (κ2) is 7.69. The highest BCUT2D eigenvalue weighted by Gasteiger charge is 2.39. The molecule has 0 saturated carbocycles. The number of epoxide rings is 1. The Morgan fingerprint density at radius 3 is 2.20 bits per heavy atom. The fourth-order valence-electron chi connectivity index (χ4n) is 1.83. The molecular weight excluding hydrogens is 286 g/mol. The summed E-state index contributed by atoms with van der Waals surface area (Å²) in [6.45, 7) is 0.436. The van der Waals surface area contributed by atoms with Gasteiger partial charge >= 0.3 is 14.9 Å². The number of carboxylic acid groups (broad SMARTS) is 1. The zero-order chi connectivity index (χ0) is 15.2. The predicted octanol–water partition coefficient (Wildman–Crippen LogP) is 0.550. The molecule has 1 aliphatic rings. The van der Waals surface area contributed by atoms with Gasteiger partial charge in [-0.05, 0) is 12.8 Å². The monoisotopic (exact) mass is 307 g/mol. The number of imide groups is 1. The first-order valence-corrected chi connectivity index (χ1v) is 8.24. The van der Waals surface area contributed by atoms with Crippen LogP contribution < -0.4 is 0 Å². The maximum absolute atomic E-state index is 11.7. The number of hydrogen-bond acceptors (Lipinski definition) is 6. The first-order chi connectivity index (χ1) is 9.49. The number of rotatable bonds is 9. The first kappa shape index (κ1) is 17.0. The van der Waals surface area contributed by atoms with Crippen molar-refractivity contribution in [2.24, 2.45) is 0 Å². The zero-order valence-electron chi connectivity index (χ0n) is 12.0. The maximum Gasteiger partial charge on any atom is 0.500 e. The van der Waals surface area contributed by atoms with Crippen LogP contribution in [-0.2, 0) is 22.8 Å². The molecule has 1 saturated heterocycles. The Morgan fingerprint density at radius 1 is 1.25 bits per heavy atom. The number of ether oxygens (including phenoxy) is 1. The molecule has 1 N–H and O–H groups in total. The quantitative estimate of drug-likeness (QED) is 0.377. The van der Waals surface area contributed by atoms with Crippen molar-refractivity contribution in [3.8, 4) is 0 Å². The molecule has 8 nitrogen and oxygen atoms in total. The Balaban J connectivity index is 2.37. The summed E-state index contributed by atoms with van der Waals surface area (Å²) in [6.07, 6.45) is -0.671. The van der Waals surface area contributed by atoms with Crippen molar-refractivity contribution in [2.45, 2.75) is 25.0 Å². The molecule has 1 unspecified atom stereocenters. The molecule has 1 atom stereocenters. The molecule has 0 bridgehead atoms. The van der Waals surface area contributed by atoms with Crippen molar-refractivity contribution in [3.63, 3.8) is 0 Å². The predicted molar refractivity (Wildman–Crippen MR) is 70.3 cm³/mol. The number of unbranched alkanes of at least 4 members (excludes halogenated alkanes) is 1. The summed E-state index contributed by atoms with van der Waals surface area (Å²) in [5, 5.41) is 9.00. The van der Waals surface area contributed by atoms with Gasteiger partial charge in [0.25, 0.3) is 5.91 Å². The maximum atomic E-state index is 11.7. The molecule has 1 fully saturated rings. The average molecular weight is 307 g/mol. The third kappa shape index (κ3) is 4.53. The van der Waals surface area contributed by atoms with Crippen LogP contribution in [-0.4, -0.2) is 71.4 Å². The van der Waals surface area contributed by atoms with Gasteiger partial charge in [0.2, 0.25) is 0 Å². The Hall–Kier alpha value is -1.00. The topological polar surface area (TPSA) is 97.8 Å². The van der Waals surface area contributed by atoms with E-state index in [1.165, 1.54) is 21.3 Å². The number of nitrogens with zero attached hydrogens (tertiary/aromatic N) is 1. The van der Waals surface area contributed by atoms with Gasteiger partial charge in [0.05, 0.1) is 6.61 Å². The third-order valence-electron chi connectivity index (χ3n) is 3.15. The number of carbonyl (C=O) groups excluding carboxylic acids is 1. The van der Waals surface area contributed by atoms with Crippen LogP contribution in [0.1, 0.15) is 12.8 Å². The van der Waals surface area contributed by atoms with Crippen LogP contribution in [0.15, 0.2) is 0 Å². The van der Waals surface area contributed by atoms with Crippen molar-refractivity contribution >= 4 is 20.8 Å². The van der Waals surface area contributed by atoms with Gasteiger partial charge in [-0.15, -0.1) is 0 Å². The van der Waals surface area contributed by atoms with E-state index in [0.29, 0.717) is 25.5 Å². The molecule has 0 spiro atoms. The van der Waals surface area contributed by atoms with E-state index in [0.717, 1.165) is 4.90 Å². The SMILES string of the molecule is CO[Si](CCCCN(C(=O)O)C(=O)C1CO1)(OC)OC. The molecule has 9 heteroatoms. The highest BCUT2D eigenvalue weighted by atomic mass is 28.4. The molecule has 116 valence electrons. The number of carbonyl (C=O) groups is 2. The summed E-state index contributed by atoms with van der Waals surface area (Å²) in [6, 6.07) is 0.568. The Labute approximate surface area is 118 Å². The molecule has 1 heterocycles. The molecule has 1 rings (SSSR count). The van der Waals surface area contributed by atoms with Crippen molar-refractivity contribution in [1.82, 2.24) is 4.90 Å². The summed E-state index contributed by atoms with van der Waals surface area (Å²) in [5.74, 6) is -0.494. The Bertz CT molecular complexity index is 335. The lowest BCUT2D eigenvalue weighted by Crippen LogP contribution is -2.43. The minimum absolute atomic E-state index is 0.135. The molecule has 0 aromatic heterocycles. The zero-order valence-corrected chi connectivity index (χ0v) is 13.0. The minimum atomic E-state index is -2.63. The molecule has 2 amide bonds. The highest BCUT2D eigenvalue weighted by molar-refractivity contribution is 6.60. The van der Waals surface area contributed by atoms with Crippen LogP contribution in [0.4, 0.5) is 4.79 Å². The van der Waals surface area contributed by atoms with Gasteiger partial charge in [0.1, 0.15) is 0 Å². The summed E-state index contributed by atoms with van der Waals surface area (Å²) >= 11 is 0. The van der Waals surface area contributed by atoms with Gasteiger partial charge in [-0.2, -0.15) is 0 Å². The van der Waals surface area contributed by atoms with Crippen molar-refractivity contribution in [3.05, 3.63) is 0 Å². The van der Waals surface area contributed by atoms with Crippen LogP contribution in [0.2, 0.25) is 6.04 Å². The van der Waals surface area contributed by atoms with Crippen LogP contribution >= 0.6 is 0 Å². The average Bonchev–Trinajstić information content (AvgIpc) is 3.27.